The quantitative estimate of drug-likeness (QED) is 0.167. The van der Waals surface area contributed by atoms with Crippen LogP contribution in [0.15, 0.2) is 223 Å². The second-order valence-electron chi connectivity index (χ2n) is 16.0. The number of fused-ring (bicyclic) bond motifs is 11. The number of hydrogen-bond donors (Lipinski definition) is 0. The van der Waals surface area contributed by atoms with Gasteiger partial charge in [-0.25, -0.2) is 0 Å². The highest BCUT2D eigenvalue weighted by molar-refractivity contribution is 7.25. The second kappa shape index (κ2) is 13.8. The van der Waals surface area contributed by atoms with E-state index < -0.39 is 0 Å². The Hall–Kier alpha value is -7.92. The maximum atomic E-state index is 6.43. The van der Waals surface area contributed by atoms with Gasteiger partial charge in [0, 0.05) is 58.8 Å². The molecule has 0 bridgehead atoms. The first-order valence-electron chi connectivity index (χ1n) is 21.1. The van der Waals surface area contributed by atoms with Gasteiger partial charge in [-0.05, 0) is 100 Å². The Morgan fingerprint density at radius 2 is 1.05 bits per heavy atom. The van der Waals surface area contributed by atoms with E-state index in [1.807, 2.05) is 17.4 Å². The number of aromatic nitrogens is 1. The molecular weight excluding hydrogens is 773 g/mol. The van der Waals surface area contributed by atoms with Crippen molar-refractivity contribution < 1.29 is 4.42 Å². The lowest BCUT2D eigenvalue weighted by Crippen LogP contribution is -2.10. The molecule has 0 aliphatic heterocycles. The third-order valence-corrected chi connectivity index (χ3v) is 13.7. The Labute approximate surface area is 361 Å². The van der Waals surface area contributed by atoms with Gasteiger partial charge in [0.15, 0.2) is 0 Å². The molecule has 3 aromatic heterocycles. The van der Waals surface area contributed by atoms with Gasteiger partial charge >= 0.3 is 0 Å². The summed E-state index contributed by atoms with van der Waals surface area (Å²) in [4.78, 5) is 2.38. The number of hydrogen-bond acceptors (Lipinski definition) is 3. The SMILES string of the molecule is c1ccc(-n2c3cc(-c4ccc(N(c5ccc(-c6cccc7sc8ccccc8c67)cc5)c5cccc6oc7ccccc7c56)cc4)ccc3c3ccc4ccccc4c32)cc1. The zero-order chi connectivity index (χ0) is 40.7. The number of anilines is 3. The Bertz CT molecular complexity index is 3860. The van der Waals surface area contributed by atoms with Crippen LogP contribution in [0, 0.1) is 0 Å². The lowest BCUT2D eigenvalue weighted by Gasteiger charge is -2.26. The molecule has 0 saturated heterocycles. The summed E-state index contributed by atoms with van der Waals surface area (Å²) in [7, 11) is 0. The van der Waals surface area contributed by atoms with E-state index in [2.05, 4.69) is 222 Å². The standard InChI is InChI=1S/C58H36N2OS/c1-2-13-41(14-3-1)60-51-36-40(29-34-46(51)47-35-28-38-12-4-5-15-45(38)58(47)60)37-24-30-42(31-25-37)59(50-19-11-21-53-57(50)48-16-6-8-20-52(48)61-53)43-32-26-39(27-33-43)44-18-10-23-55-56(44)49-17-7-9-22-54(49)62-55/h1-36H. The summed E-state index contributed by atoms with van der Waals surface area (Å²) in [5.74, 6) is 0. The maximum Gasteiger partial charge on any atom is 0.137 e. The number of nitrogens with zero attached hydrogens (tertiary/aromatic N) is 2. The van der Waals surface area contributed by atoms with Gasteiger partial charge in [0.05, 0.1) is 22.1 Å². The summed E-state index contributed by atoms with van der Waals surface area (Å²) >= 11 is 1.86. The van der Waals surface area contributed by atoms with Crippen molar-refractivity contribution in [1.29, 1.82) is 0 Å². The molecule has 13 rings (SSSR count). The molecule has 62 heavy (non-hydrogen) atoms. The molecule has 290 valence electrons. The lowest BCUT2D eigenvalue weighted by molar-refractivity contribution is 0.669. The first-order chi connectivity index (χ1) is 30.7. The van der Waals surface area contributed by atoms with Crippen LogP contribution in [0.1, 0.15) is 0 Å². The highest BCUT2D eigenvalue weighted by Crippen LogP contribution is 2.45. The minimum absolute atomic E-state index is 0.868. The van der Waals surface area contributed by atoms with Crippen molar-refractivity contribution in [3.8, 4) is 27.9 Å². The molecule has 0 unspecified atom stereocenters. The van der Waals surface area contributed by atoms with Gasteiger partial charge in [0.25, 0.3) is 0 Å². The van der Waals surface area contributed by atoms with Gasteiger partial charge in [-0.15, -0.1) is 11.3 Å². The Morgan fingerprint density at radius 1 is 0.403 bits per heavy atom. The normalized spacial score (nSPS) is 11.9. The first kappa shape index (κ1) is 34.9. The molecule has 0 amide bonds. The smallest absolute Gasteiger partial charge is 0.137 e. The molecule has 0 N–H and O–H groups in total. The van der Waals surface area contributed by atoms with Gasteiger partial charge in [-0.2, -0.15) is 0 Å². The van der Waals surface area contributed by atoms with Crippen LogP contribution in [-0.4, -0.2) is 4.57 Å². The van der Waals surface area contributed by atoms with Crippen LogP contribution in [0.5, 0.6) is 0 Å². The summed E-state index contributed by atoms with van der Waals surface area (Å²) in [6, 6.07) is 79.2. The number of benzene rings is 10. The van der Waals surface area contributed by atoms with Crippen LogP contribution in [0.2, 0.25) is 0 Å². The first-order valence-corrected chi connectivity index (χ1v) is 21.9. The van der Waals surface area contributed by atoms with Crippen molar-refractivity contribution >= 4 is 103 Å². The van der Waals surface area contributed by atoms with E-state index in [4.69, 9.17) is 4.42 Å². The van der Waals surface area contributed by atoms with Crippen molar-refractivity contribution in [1.82, 2.24) is 4.57 Å². The molecule has 0 aliphatic rings. The van der Waals surface area contributed by atoms with E-state index in [9.17, 15) is 0 Å². The van der Waals surface area contributed by atoms with Crippen LogP contribution in [0.4, 0.5) is 17.1 Å². The average molecular weight is 809 g/mol. The van der Waals surface area contributed by atoms with E-state index in [1.165, 1.54) is 69.4 Å². The van der Waals surface area contributed by atoms with Crippen LogP contribution in [0.3, 0.4) is 0 Å². The summed E-state index contributed by atoms with van der Waals surface area (Å²) in [5, 5.41) is 9.81. The zero-order valence-electron chi connectivity index (χ0n) is 33.5. The van der Waals surface area contributed by atoms with Gasteiger partial charge in [0.2, 0.25) is 0 Å². The fraction of sp³-hybridized carbons (Fsp3) is 0. The Kier molecular flexibility index (Phi) is 7.78. The van der Waals surface area contributed by atoms with Crippen molar-refractivity contribution in [2.45, 2.75) is 0 Å². The van der Waals surface area contributed by atoms with Crippen LogP contribution in [-0.2, 0) is 0 Å². The van der Waals surface area contributed by atoms with Gasteiger partial charge in [0.1, 0.15) is 11.2 Å². The van der Waals surface area contributed by atoms with E-state index in [0.29, 0.717) is 0 Å². The van der Waals surface area contributed by atoms with Crippen LogP contribution in [0.25, 0.3) is 103 Å². The van der Waals surface area contributed by atoms with E-state index >= 15 is 0 Å². The lowest BCUT2D eigenvalue weighted by atomic mass is 9.99. The third-order valence-electron chi connectivity index (χ3n) is 12.6. The van der Waals surface area contributed by atoms with Crippen LogP contribution < -0.4 is 4.90 Å². The predicted molar refractivity (Wildman–Crippen MR) is 264 cm³/mol. The van der Waals surface area contributed by atoms with E-state index in [0.717, 1.165) is 50.3 Å². The summed E-state index contributed by atoms with van der Waals surface area (Å²) in [5.41, 5.74) is 13.3. The number of para-hydroxylation sites is 2. The highest BCUT2D eigenvalue weighted by Gasteiger charge is 2.21. The van der Waals surface area contributed by atoms with Gasteiger partial charge in [-0.1, -0.05) is 146 Å². The fourth-order valence-corrected chi connectivity index (χ4v) is 10.9. The Morgan fingerprint density at radius 3 is 1.89 bits per heavy atom. The highest BCUT2D eigenvalue weighted by atomic mass is 32.1. The second-order valence-corrected chi connectivity index (χ2v) is 17.1. The van der Waals surface area contributed by atoms with E-state index in [1.54, 1.807) is 0 Å². The number of thiophene rings is 1. The maximum absolute atomic E-state index is 6.43. The molecule has 0 saturated carbocycles. The largest absolute Gasteiger partial charge is 0.456 e. The number of furan rings is 1. The molecule has 0 radical (unpaired) electrons. The molecular formula is C58H36N2OS. The zero-order valence-corrected chi connectivity index (χ0v) is 34.3. The molecule has 13 aromatic rings. The molecule has 0 aliphatic carbocycles. The Balaban J connectivity index is 0.959. The fourth-order valence-electron chi connectivity index (χ4n) is 9.78. The molecule has 0 spiro atoms. The van der Waals surface area contributed by atoms with Gasteiger partial charge in [-0.3, -0.25) is 0 Å². The molecule has 0 atom stereocenters. The topological polar surface area (TPSA) is 21.3 Å². The van der Waals surface area contributed by atoms with Crippen molar-refractivity contribution in [2.24, 2.45) is 0 Å². The molecule has 10 aromatic carbocycles. The number of rotatable bonds is 6. The molecule has 3 nitrogen and oxygen atoms in total. The minimum atomic E-state index is 0.868. The minimum Gasteiger partial charge on any atom is -0.456 e. The summed E-state index contributed by atoms with van der Waals surface area (Å²) < 4.78 is 11.5. The third kappa shape index (κ3) is 5.37. The van der Waals surface area contributed by atoms with Crippen LogP contribution >= 0.6 is 11.3 Å². The monoisotopic (exact) mass is 808 g/mol. The summed E-state index contributed by atoms with van der Waals surface area (Å²) in [6.07, 6.45) is 0. The van der Waals surface area contributed by atoms with Crippen molar-refractivity contribution in [3.05, 3.63) is 218 Å². The summed E-state index contributed by atoms with van der Waals surface area (Å²) in [6.45, 7) is 0. The average Bonchev–Trinajstić information content (AvgIpc) is 4.02. The van der Waals surface area contributed by atoms with Crippen molar-refractivity contribution in [2.75, 3.05) is 4.90 Å². The molecule has 3 heterocycles. The molecule has 0 fully saturated rings. The predicted octanol–water partition coefficient (Wildman–Crippen LogP) is 17.0. The van der Waals surface area contributed by atoms with E-state index in [-0.39, 0.29) is 0 Å². The molecule has 4 heteroatoms. The van der Waals surface area contributed by atoms with Gasteiger partial charge < -0.3 is 13.9 Å². The van der Waals surface area contributed by atoms with Crippen molar-refractivity contribution in [3.63, 3.8) is 0 Å².